The van der Waals surface area contributed by atoms with E-state index in [4.69, 9.17) is 4.55 Å². The Balaban J connectivity index is 3.88. The Morgan fingerprint density at radius 1 is 1.07 bits per heavy atom. The molecule has 0 spiro atoms. The molecular formula is C5H12O8S2. The van der Waals surface area contributed by atoms with Gasteiger partial charge < -0.3 is 0 Å². The van der Waals surface area contributed by atoms with Gasteiger partial charge in [0.2, 0.25) is 0 Å². The van der Waals surface area contributed by atoms with Crippen molar-refractivity contribution in [2.24, 2.45) is 0 Å². The molecule has 15 heavy (non-hydrogen) atoms. The van der Waals surface area contributed by atoms with Gasteiger partial charge in [0, 0.05) is 0 Å². The summed E-state index contributed by atoms with van der Waals surface area (Å²) in [6, 6.07) is 0. The highest BCUT2D eigenvalue weighted by Crippen LogP contribution is 2.02. The summed E-state index contributed by atoms with van der Waals surface area (Å²) in [5.74, 6) is 0. The minimum Gasteiger partial charge on any atom is -0.262 e. The van der Waals surface area contributed by atoms with Crippen LogP contribution in [0.4, 0.5) is 0 Å². The van der Waals surface area contributed by atoms with Crippen molar-refractivity contribution in [3.8, 4) is 0 Å². The summed E-state index contributed by atoms with van der Waals surface area (Å²) in [6.45, 7) is 1.76. The zero-order valence-electron chi connectivity index (χ0n) is 7.95. The van der Waals surface area contributed by atoms with Gasteiger partial charge in [-0.1, -0.05) is 28.4 Å². The second-order valence-corrected chi connectivity index (χ2v) is 4.68. The minimum atomic E-state index is -4.97. The average Bonchev–Trinajstić information content (AvgIpc) is 2.09. The van der Waals surface area contributed by atoms with Crippen molar-refractivity contribution in [1.29, 1.82) is 0 Å². The van der Waals surface area contributed by atoms with Crippen molar-refractivity contribution < 1.29 is 34.2 Å². The summed E-state index contributed by atoms with van der Waals surface area (Å²) in [6.07, 6.45) is 2.10. The van der Waals surface area contributed by atoms with Gasteiger partial charge in [-0.2, -0.15) is 16.8 Å². The van der Waals surface area contributed by atoms with E-state index < -0.39 is 20.8 Å². The lowest BCUT2D eigenvalue weighted by atomic mass is 10.3. The van der Waals surface area contributed by atoms with Crippen molar-refractivity contribution in [3.63, 3.8) is 0 Å². The maximum absolute atomic E-state index is 10.7. The molecule has 0 aliphatic carbocycles. The molecule has 0 bridgehead atoms. The Kier molecular flexibility index (Phi) is 6.24. The molecule has 0 atom stereocenters. The zero-order chi connectivity index (χ0) is 11.9. The molecule has 8 nitrogen and oxygen atoms in total. The molecule has 0 rings (SSSR count). The van der Waals surface area contributed by atoms with Crippen LogP contribution in [0.2, 0.25) is 0 Å². The standard InChI is InChI=1S/C5H12O8S2/c1-2-3-4-5-11-15(9,10)13-12-14(6,7)8/h2-5H2,1H3,(H,6,7,8). The van der Waals surface area contributed by atoms with E-state index in [0.29, 0.717) is 6.42 Å². The molecule has 0 saturated heterocycles. The van der Waals surface area contributed by atoms with Crippen molar-refractivity contribution in [3.05, 3.63) is 0 Å². The molecule has 0 heterocycles. The average molecular weight is 264 g/mol. The lowest BCUT2D eigenvalue weighted by Gasteiger charge is -2.02. The Hall–Kier alpha value is -0.260. The Morgan fingerprint density at radius 3 is 2.13 bits per heavy atom. The van der Waals surface area contributed by atoms with E-state index in [9.17, 15) is 16.8 Å². The Bertz CT molecular complexity index is 354. The van der Waals surface area contributed by atoms with Gasteiger partial charge >= 0.3 is 20.8 Å². The third-order valence-electron chi connectivity index (χ3n) is 1.17. The van der Waals surface area contributed by atoms with E-state index in [0.717, 1.165) is 12.8 Å². The summed E-state index contributed by atoms with van der Waals surface area (Å²) >= 11 is 0. The predicted octanol–water partition coefficient (Wildman–Crippen LogP) is 0.189. The van der Waals surface area contributed by atoms with Crippen LogP contribution in [-0.2, 0) is 33.6 Å². The molecule has 0 aliphatic heterocycles. The maximum Gasteiger partial charge on any atom is 0.427 e. The largest absolute Gasteiger partial charge is 0.427 e. The van der Waals surface area contributed by atoms with E-state index in [-0.39, 0.29) is 6.61 Å². The molecule has 0 aromatic heterocycles. The van der Waals surface area contributed by atoms with Crippen LogP contribution in [-0.4, -0.2) is 28.0 Å². The second kappa shape index (κ2) is 6.35. The molecule has 10 heteroatoms. The highest BCUT2D eigenvalue weighted by molar-refractivity contribution is 7.83. The normalized spacial score (nSPS) is 12.9. The predicted molar refractivity (Wildman–Crippen MR) is 48.1 cm³/mol. The van der Waals surface area contributed by atoms with Gasteiger partial charge in [0.05, 0.1) is 6.61 Å². The topological polar surface area (TPSA) is 116 Å². The molecule has 0 amide bonds. The summed E-state index contributed by atoms with van der Waals surface area (Å²) in [5.41, 5.74) is 0. The van der Waals surface area contributed by atoms with E-state index in [1.165, 1.54) is 0 Å². The first-order chi connectivity index (χ1) is 6.77. The summed E-state index contributed by atoms with van der Waals surface area (Å²) < 4.78 is 60.0. The van der Waals surface area contributed by atoms with Crippen LogP contribution < -0.4 is 0 Å². The van der Waals surface area contributed by atoms with Crippen molar-refractivity contribution >= 4 is 20.8 Å². The van der Waals surface area contributed by atoms with Gasteiger partial charge in [-0.15, -0.1) is 0 Å². The first kappa shape index (κ1) is 14.7. The molecule has 0 aliphatic rings. The first-order valence-electron chi connectivity index (χ1n) is 4.01. The molecule has 0 saturated carbocycles. The molecule has 92 valence electrons. The first-order valence-corrected chi connectivity index (χ1v) is 6.71. The highest BCUT2D eigenvalue weighted by Gasteiger charge is 2.18. The summed E-state index contributed by atoms with van der Waals surface area (Å²) in [7, 11) is -9.53. The van der Waals surface area contributed by atoms with Crippen LogP contribution in [0.3, 0.4) is 0 Å². The SMILES string of the molecule is CCCCCOS(=O)(=O)OOS(=O)(=O)O. The molecule has 0 radical (unpaired) electrons. The van der Waals surface area contributed by atoms with Gasteiger partial charge in [0.15, 0.2) is 0 Å². The number of hydrogen-bond acceptors (Lipinski definition) is 7. The fraction of sp³-hybridized carbons (Fsp3) is 1.00. The van der Waals surface area contributed by atoms with Crippen LogP contribution in [0.15, 0.2) is 0 Å². The zero-order valence-corrected chi connectivity index (χ0v) is 9.58. The smallest absolute Gasteiger partial charge is 0.262 e. The van der Waals surface area contributed by atoms with Crippen molar-refractivity contribution in [2.75, 3.05) is 6.61 Å². The monoisotopic (exact) mass is 264 g/mol. The van der Waals surface area contributed by atoms with Gasteiger partial charge in [-0.3, -0.25) is 4.55 Å². The minimum absolute atomic E-state index is 0.148. The van der Waals surface area contributed by atoms with Crippen LogP contribution >= 0.6 is 0 Å². The lowest BCUT2D eigenvalue weighted by molar-refractivity contribution is -0.108. The Labute approximate surface area is 88.3 Å². The van der Waals surface area contributed by atoms with Crippen LogP contribution in [0.25, 0.3) is 0 Å². The molecule has 0 aromatic rings. The number of rotatable bonds is 8. The Morgan fingerprint density at radius 2 is 1.67 bits per heavy atom. The number of hydrogen-bond donors (Lipinski definition) is 1. The quantitative estimate of drug-likeness (QED) is 0.286. The van der Waals surface area contributed by atoms with E-state index in [1.807, 2.05) is 6.92 Å². The van der Waals surface area contributed by atoms with Gasteiger partial charge in [0.1, 0.15) is 0 Å². The maximum atomic E-state index is 10.7. The van der Waals surface area contributed by atoms with E-state index >= 15 is 0 Å². The molecule has 1 N–H and O–H groups in total. The molecule has 0 unspecified atom stereocenters. The highest BCUT2D eigenvalue weighted by atomic mass is 32.3. The fourth-order valence-corrected chi connectivity index (χ4v) is 1.52. The van der Waals surface area contributed by atoms with Crippen molar-refractivity contribution in [2.45, 2.75) is 26.2 Å². The molecule has 0 aromatic carbocycles. The van der Waals surface area contributed by atoms with Gasteiger partial charge in [0.25, 0.3) is 0 Å². The molecular weight excluding hydrogens is 252 g/mol. The lowest BCUT2D eigenvalue weighted by Crippen LogP contribution is -2.14. The van der Waals surface area contributed by atoms with Crippen LogP contribution in [0.1, 0.15) is 26.2 Å². The van der Waals surface area contributed by atoms with Gasteiger partial charge in [-0.25, -0.2) is 4.18 Å². The van der Waals surface area contributed by atoms with Crippen LogP contribution in [0, 0.1) is 0 Å². The van der Waals surface area contributed by atoms with Crippen LogP contribution in [0.5, 0.6) is 0 Å². The summed E-state index contributed by atoms with van der Waals surface area (Å²) in [5, 5.41) is 0. The van der Waals surface area contributed by atoms with Crippen molar-refractivity contribution in [1.82, 2.24) is 0 Å². The summed E-state index contributed by atoms with van der Waals surface area (Å²) in [4.78, 5) is 0. The van der Waals surface area contributed by atoms with Gasteiger partial charge in [-0.05, 0) is 6.42 Å². The number of unbranched alkanes of at least 4 members (excludes halogenated alkanes) is 2. The third-order valence-corrected chi connectivity index (χ3v) is 2.19. The third kappa shape index (κ3) is 10.0. The fourth-order valence-electron chi connectivity index (χ4n) is 0.602. The van der Waals surface area contributed by atoms with E-state index in [1.54, 1.807) is 0 Å². The second-order valence-electron chi connectivity index (χ2n) is 2.50. The molecule has 0 fully saturated rings. The van der Waals surface area contributed by atoms with E-state index in [2.05, 4.69) is 12.9 Å².